The number of halogens is 3. The molecule has 1 amide bonds. The summed E-state index contributed by atoms with van der Waals surface area (Å²) in [6.45, 7) is 5.58. The van der Waals surface area contributed by atoms with E-state index in [-0.39, 0.29) is 28.9 Å². The molecule has 0 unspecified atom stereocenters. The van der Waals surface area contributed by atoms with Crippen molar-refractivity contribution in [1.29, 1.82) is 0 Å². The van der Waals surface area contributed by atoms with E-state index in [4.69, 9.17) is 21.1 Å². The second kappa shape index (κ2) is 12.4. The van der Waals surface area contributed by atoms with Gasteiger partial charge in [-0.1, -0.05) is 47.4 Å². The quantitative estimate of drug-likeness (QED) is 0.221. The molecule has 0 bridgehead atoms. The number of nitrogens with zero attached hydrogens (tertiary/aromatic N) is 3. The van der Waals surface area contributed by atoms with Gasteiger partial charge in [-0.05, 0) is 61.0 Å². The Labute approximate surface area is 237 Å². The first-order valence-corrected chi connectivity index (χ1v) is 13.2. The largest absolute Gasteiger partial charge is 0.490 e. The third-order valence-corrected chi connectivity index (χ3v) is 6.23. The minimum Gasteiger partial charge on any atom is -0.490 e. The maximum absolute atomic E-state index is 13.4. The summed E-state index contributed by atoms with van der Waals surface area (Å²) in [5.41, 5.74) is 1.12. The number of hydrogen-bond acceptors (Lipinski definition) is 6. The van der Waals surface area contributed by atoms with Crippen LogP contribution in [0.15, 0.2) is 69.0 Å². The molecule has 11 heteroatoms. The smallest absolute Gasteiger partial charge is 0.282 e. The van der Waals surface area contributed by atoms with Crippen molar-refractivity contribution < 1.29 is 18.7 Å². The normalized spacial score (nSPS) is 11.4. The molecule has 1 heterocycles. The molecule has 4 aromatic rings. The summed E-state index contributed by atoms with van der Waals surface area (Å²) in [6, 6.07) is 14.1. The van der Waals surface area contributed by atoms with Crippen molar-refractivity contribution in [3.8, 4) is 11.5 Å². The van der Waals surface area contributed by atoms with Crippen LogP contribution in [0.2, 0.25) is 5.02 Å². The van der Waals surface area contributed by atoms with Gasteiger partial charge in [0.15, 0.2) is 18.1 Å². The van der Waals surface area contributed by atoms with Crippen LogP contribution < -0.4 is 20.3 Å². The Bertz CT molecular complexity index is 1620. The topological polar surface area (TPSA) is 94.8 Å². The highest BCUT2D eigenvalue weighted by molar-refractivity contribution is 9.10. The Balaban J connectivity index is 1.61. The Morgan fingerprint density at radius 2 is 2.00 bits per heavy atom. The van der Waals surface area contributed by atoms with Crippen molar-refractivity contribution >= 4 is 56.2 Å². The lowest BCUT2D eigenvalue weighted by Gasteiger charge is -2.15. The van der Waals surface area contributed by atoms with Crippen molar-refractivity contribution in [1.82, 2.24) is 9.66 Å². The first-order chi connectivity index (χ1) is 18.7. The fourth-order valence-electron chi connectivity index (χ4n) is 3.74. The second-order valence-electron chi connectivity index (χ2n) is 8.76. The Morgan fingerprint density at radius 1 is 1.21 bits per heavy atom. The number of amides is 1. The van der Waals surface area contributed by atoms with Crippen LogP contribution in [0.1, 0.15) is 38.1 Å². The first kappa shape index (κ1) is 28.3. The van der Waals surface area contributed by atoms with Gasteiger partial charge in [-0.25, -0.2) is 9.37 Å². The number of hydrogen-bond donors (Lipinski definition) is 1. The van der Waals surface area contributed by atoms with Crippen LogP contribution in [-0.4, -0.2) is 35.0 Å². The number of carbonyl (C=O) groups excluding carboxylic acids is 1. The summed E-state index contributed by atoms with van der Waals surface area (Å²) in [4.78, 5) is 30.2. The number of benzene rings is 3. The highest BCUT2D eigenvalue weighted by Gasteiger charge is 2.16. The van der Waals surface area contributed by atoms with Gasteiger partial charge >= 0.3 is 0 Å². The van der Waals surface area contributed by atoms with E-state index in [2.05, 4.69) is 31.3 Å². The van der Waals surface area contributed by atoms with E-state index in [0.717, 1.165) is 4.47 Å². The van der Waals surface area contributed by atoms with Gasteiger partial charge in [0.1, 0.15) is 11.6 Å². The van der Waals surface area contributed by atoms with Gasteiger partial charge in [0.25, 0.3) is 11.5 Å². The highest BCUT2D eigenvalue weighted by Crippen LogP contribution is 2.36. The van der Waals surface area contributed by atoms with E-state index >= 15 is 0 Å². The molecule has 3 aromatic carbocycles. The van der Waals surface area contributed by atoms with Gasteiger partial charge in [-0.15, -0.1) is 0 Å². The zero-order valence-corrected chi connectivity index (χ0v) is 23.7. The van der Waals surface area contributed by atoms with Gasteiger partial charge < -0.3 is 14.8 Å². The lowest BCUT2D eigenvalue weighted by atomic mass is 10.2. The predicted molar refractivity (Wildman–Crippen MR) is 154 cm³/mol. The lowest BCUT2D eigenvalue weighted by Crippen LogP contribution is -2.23. The molecule has 0 fully saturated rings. The molecule has 0 aliphatic carbocycles. The summed E-state index contributed by atoms with van der Waals surface area (Å²) in [5, 5.41) is 7.60. The van der Waals surface area contributed by atoms with Gasteiger partial charge in [0, 0.05) is 16.1 Å². The molecule has 0 aliphatic rings. The van der Waals surface area contributed by atoms with E-state index in [1.807, 2.05) is 19.9 Å². The summed E-state index contributed by atoms with van der Waals surface area (Å²) < 4.78 is 26.8. The molecule has 202 valence electrons. The summed E-state index contributed by atoms with van der Waals surface area (Å²) in [7, 11) is 0. The van der Waals surface area contributed by atoms with Crippen LogP contribution in [0.25, 0.3) is 10.9 Å². The van der Waals surface area contributed by atoms with Crippen LogP contribution in [0.4, 0.5) is 10.1 Å². The number of anilines is 1. The zero-order chi connectivity index (χ0) is 28.1. The molecule has 0 radical (unpaired) electrons. The lowest BCUT2D eigenvalue weighted by molar-refractivity contribution is -0.118. The van der Waals surface area contributed by atoms with Gasteiger partial charge in [0.05, 0.1) is 28.7 Å². The number of rotatable bonds is 9. The molecule has 0 atom stereocenters. The third kappa shape index (κ3) is 6.82. The average molecular weight is 616 g/mol. The predicted octanol–water partition coefficient (Wildman–Crippen LogP) is 6.37. The highest BCUT2D eigenvalue weighted by atomic mass is 79.9. The van der Waals surface area contributed by atoms with Crippen molar-refractivity contribution in [3.05, 3.63) is 91.7 Å². The van der Waals surface area contributed by atoms with E-state index < -0.39 is 11.7 Å². The molecule has 0 saturated heterocycles. The summed E-state index contributed by atoms with van der Waals surface area (Å²) >= 11 is 9.89. The monoisotopic (exact) mass is 614 g/mol. The molecule has 8 nitrogen and oxygen atoms in total. The minimum absolute atomic E-state index is 0.0697. The number of ether oxygens (including phenoxy) is 2. The van der Waals surface area contributed by atoms with Crippen LogP contribution in [-0.2, 0) is 4.79 Å². The number of carbonyl (C=O) groups is 1. The maximum Gasteiger partial charge on any atom is 0.282 e. The maximum atomic E-state index is 13.4. The zero-order valence-electron chi connectivity index (χ0n) is 21.4. The number of aromatic nitrogens is 2. The van der Waals surface area contributed by atoms with Crippen LogP contribution in [0, 0.1) is 5.82 Å². The van der Waals surface area contributed by atoms with Crippen molar-refractivity contribution in [2.45, 2.75) is 26.7 Å². The summed E-state index contributed by atoms with van der Waals surface area (Å²) in [6.07, 6.45) is 1.48. The number of fused-ring (bicyclic) bond motifs is 1. The third-order valence-electron chi connectivity index (χ3n) is 5.46. The Kier molecular flexibility index (Phi) is 8.98. The van der Waals surface area contributed by atoms with Gasteiger partial charge in [0.2, 0.25) is 0 Å². The van der Waals surface area contributed by atoms with E-state index in [1.165, 1.54) is 29.1 Å². The standard InChI is InChI=1S/C28H25BrClFN4O4/c1-4-38-24-11-17(10-22(30)26(24)39-15-25(36)33-20-7-5-6-19(31)13-20)14-32-35-27(16(2)3)34-23-9-8-18(29)12-21(23)28(35)37/h5-14,16H,4,15H2,1-3H3,(H,33,36). The molecule has 1 aromatic heterocycles. The van der Waals surface area contributed by atoms with Crippen LogP contribution in [0.3, 0.4) is 0 Å². The molecular weight excluding hydrogens is 591 g/mol. The van der Waals surface area contributed by atoms with Crippen LogP contribution in [0.5, 0.6) is 11.5 Å². The fraction of sp³-hybridized carbons (Fsp3) is 0.214. The second-order valence-corrected chi connectivity index (χ2v) is 10.1. The van der Waals surface area contributed by atoms with E-state index in [0.29, 0.717) is 40.3 Å². The average Bonchev–Trinajstić information content (AvgIpc) is 2.88. The SMILES string of the molecule is CCOc1cc(C=Nn2c(C(C)C)nc3ccc(Br)cc3c2=O)cc(Cl)c1OCC(=O)Nc1cccc(F)c1. The molecule has 0 saturated carbocycles. The summed E-state index contributed by atoms with van der Waals surface area (Å²) in [5.74, 6) is -0.0703. The molecule has 1 N–H and O–H groups in total. The Morgan fingerprint density at radius 3 is 2.72 bits per heavy atom. The molecule has 39 heavy (non-hydrogen) atoms. The molecule has 0 spiro atoms. The van der Waals surface area contributed by atoms with E-state index in [1.54, 1.807) is 37.3 Å². The van der Waals surface area contributed by atoms with Crippen molar-refractivity contribution in [2.75, 3.05) is 18.5 Å². The van der Waals surface area contributed by atoms with Gasteiger partial charge in [-0.3, -0.25) is 9.59 Å². The Hall–Kier alpha value is -3.76. The van der Waals surface area contributed by atoms with Crippen LogP contribution >= 0.6 is 27.5 Å². The molecule has 0 aliphatic heterocycles. The fourth-order valence-corrected chi connectivity index (χ4v) is 4.38. The molecule has 4 rings (SSSR count). The number of nitrogens with one attached hydrogen (secondary N) is 1. The van der Waals surface area contributed by atoms with Gasteiger partial charge in [-0.2, -0.15) is 9.78 Å². The van der Waals surface area contributed by atoms with Crippen molar-refractivity contribution in [3.63, 3.8) is 0 Å². The first-order valence-electron chi connectivity index (χ1n) is 12.1. The van der Waals surface area contributed by atoms with E-state index in [9.17, 15) is 14.0 Å². The molecular formula is C28H25BrClFN4O4. The van der Waals surface area contributed by atoms with Crippen molar-refractivity contribution in [2.24, 2.45) is 5.10 Å². The minimum atomic E-state index is -0.499.